The van der Waals surface area contributed by atoms with E-state index in [4.69, 9.17) is 14.2 Å². The Morgan fingerprint density at radius 2 is 1.74 bits per heavy atom. The van der Waals surface area contributed by atoms with Gasteiger partial charge in [-0.05, 0) is 60.9 Å². The molecular formula is C33H36N2O7. The van der Waals surface area contributed by atoms with Gasteiger partial charge in [0, 0.05) is 31.7 Å². The van der Waals surface area contributed by atoms with Gasteiger partial charge in [-0.25, -0.2) is 0 Å². The summed E-state index contributed by atoms with van der Waals surface area (Å²) >= 11 is 0. The van der Waals surface area contributed by atoms with E-state index in [2.05, 4.69) is 4.90 Å². The quantitative estimate of drug-likeness (QED) is 0.209. The van der Waals surface area contributed by atoms with Crippen molar-refractivity contribution in [2.45, 2.75) is 26.5 Å². The number of benzene rings is 3. The number of Topliss-reactive ketones (excluding diaryl/α,β-unsaturated/α-hetero) is 2. The first kappa shape index (κ1) is 29.3. The molecule has 0 radical (unpaired) electrons. The van der Waals surface area contributed by atoms with Gasteiger partial charge in [0.05, 0.1) is 25.9 Å². The van der Waals surface area contributed by atoms with Gasteiger partial charge in [-0.3, -0.25) is 19.3 Å². The minimum absolute atomic E-state index is 0.0547. The molecule has 42 heavy (non-hydrogen) atoms. The molecule has 2 fully saturated rings. The molecule has 220 valence electrons. The molecule has 2 unspecified atom stereocenters. The maximum atomic E-state index is 14.1. The number of hydrogen-bond acceptors (Lipinski definition) is 8. The number of phenolic OH excluding ortho intramolecular Hbond substituents is 1. The van der Waals surface area contributed by atoms with E-state index in [1.165, 1.54) is 11.0 Å². The Hall–Kier alpha value is -4.21. The van der Waals surface area contributed by atoms with Crippen LogP contribution in [0.4, 0.5) is 0 Å². The highest BCUT2D eigenvalue weighted by atomic mass is 16.5. The number of likely N-dealkylation sites (tertiary alicyclic amines) is 1. The van der Waals surface area contributed by atoms with Gasteiger partial charge in [0.1, 0.15) is 18.3 Å². The van der Waals surface area contributed by atoms with Crippen molar-refractivity contribution in [1.29, 1.82) is 0 Å². The number of amides is 1. The molecule has 0 aromatic heterocycles. The van der Waals surface area contributed by atoms with E-state index >= 15 is 0 Å². The van der Waals surface area contributed by atoms with Gasteiger partial charge in [-0.15, -0.1) is 0 Å². The summed E-state index contributed by atoms with van der Waals surface area (Å²) in [7, 11) is 0. The van der Waals surface area contributed by atoms with Crippen LogP contribution in [0.15, 0.2) is 66.7 Å². The molecule has 9 heteroatoms. The normalized spacial score (nSPS) is 19.2. The second-order valence-corrected chi connectivity index (χ2v) is 10.5. The summed E-state index contributed by atoms with van der Waals surface area (Å²) in [5, 5.41) is 10.3. The van der Waals surface area contributed by atoms with Gasteiger partial charge < -0.3 is 24.2 Å². The third-order valence-corrected chi connectivity index (χ3v) is 7.79. The van der Waals surface area contributed by atoms with E-state index in [1.54, 1.807) is 44.2 Å². The number of morpholine rings is 1. The fourth-order valence-corrected chi connectivity index (χ4v) is 5.57. The van der Waals surface area contributed by atoms with Gasteiger partial charge in [-0.2, -0.15) is 0 Å². The average Bonchev–Trinajstić information content (AvgIpc) is 3.26. The summed E-state index contributed by atoms with van der Waals surface area (Å²) < 4.78 is 16.9. The number of aromatic hydroxyl groups is 1. The van der Waals surface area contributed by atoms with Crippen LogP contribution in [0.25, 0.3) is 0 Å². The van der Waals surface area contributed by atoms with Crippen LogP contribution in [0.5, 0.6) is 17.2 Å². The molecule has 2 aliphatic rings. The Bertz CT molecular complexity index is 1440. The molecule has 0 bridgehead atoms. The van der Waals surface area contributed by atoms with E-state index in [0.29, 0.717) is 55.4 Å². The second-order valence-electron chi connectivity index (χ2n) is 10.5. The summed E-state index contributed by atoms with van der Waals surface area (Å²) in [4.78, 5) is 44.7. The first-order chi connectivity index (χ1) is 20.4. The predicted molar refractivity (Wildman–Crippen MR) is 156 cm³/mol. The summed E-state index contributed by atoms with van der Waals surface area (Å²) in [5.41, 5.74) is 2.58. The van der Waals surface area contributed by atoms with Gasteiger partial charge in [0.25, 0.3) is 5.91 Å². The largest absolute Gasteiger partial charge is 0.504 e. The van der Waals surface area contributed by atoms with Crippen LogP contribution in [0, 0.1) is 12.8 Å². The van der Waals surface area contributed by atoms with Gasteiger partial charge >= 0.3 is 0 Å². The van der Waals surface area contributed by atoms with Crippen LogP contribution in [-0.2, 0) is 20.9 Å². The molecule has 1 N–H and O–H groups in total. The van der Waals surface area contributed by atoms with Crippen molar-refractivity contribution >= 4 is 17.5 Å². The Morgan fingerprint density at radius 3 is 2.45 bits per heavy atom. The van der Waals surface area contributed by atoms with E-state index < -0.39 is 29.4 Å². The third kappa shape index (κ3) is 6.32. The molecule has 0 spiro atoms. The zero-order chi connectivity index (χ0) is 29.6. The zero-order valence-corrected chi connectivity index (χ0v) is 24.0. The summed E-state index contributed by atoms with van der Waals surface area (Å²) in [6.45, 7) is 7.79. The van der Waals surface area contributed by atoms with Crippen molar-refractivity contribution in [3.05, 3.63) is 89.0 Å². The Balaban J connectivity index is 1.43. The number of ether oxygens (including phenoxy) is 3. The average molecular weight is 573 g/mol. The van der Waals surface area contributed by atoms with Crippen molar-refractivity contribution < 1.29 is 33.7 Å². The Labute approximate surface area is 245 Å². The van der Waals surface area contributed by atoms with Gasteiger partial charge in [0.2, 0.25) is 5.78 Å². The molecule has 0 saturated carbocycles. The van der Waals surface area contributed by atoms with Crippen LogP contribution in [0.1, 0.15) is 40.0 Å². The maximum Gasteiger partial charge on any atom is 0.291 e. The molecule has 3 aromatic rings. The van der Waals surface area contributed by atoms with E-state index in [1.807, 2.05) is 30.3 Å². The van der Waals surface area contributed by atoms with Crippen molar-refractivity contribution in [3.8, 4) is 17.2 Å². The van der Waals surface area contributed by atoms with Crippen LogP contribution in [-0.4, -0.2) is 78.4 Å². The second kappa shape index (κ2) is 13.2. The zero-order valence-electron chi connectivity index (χ0n) is 24.0. The lowest BCUT2D eigenvalue weighted by Gasteiger charge is -2.32. The molecule has 5 rings (SSSR count). The molecule has 0 aliphatic carbocycles. The first-order valence-electron chi connectivity index (χ1n) is 14.3. The lowest BCUT2D eigenvalue weighted by molar-refractivity contribution is -0.141. The molecule has 9 nitrogen and oxygen atoms in total. The number of nitrogens with zero attached hydrogens (tertiary/aromatic N) is 2. The standard InChI is InChI=1S/C33H36N2O7/c1-3-41-28-20-24(9-12-27(28)36)30-29(32(38)33(39)35(30)14-13-34-15-17-40-18-16-34)31(37)26-11-10-25(19-22(26)2)42-21-23-7-5-4-6-8-23/h4-12,19-20,29-30,36H,3,13-18,21H2,1-2H3. The molecule has 2 heterocycles. The molecule has 2 aliphatic heterocycles. The fourth-order valence-electron chi connectivity index (χ4n) is 5.57. The predicted octanol–water partition coefficient (Wildman–Crippen LogP) is 3.96. The van der Waals surface area contributed by atoms with Crippen LogP contribution in [0.2, 0.25) is 0 Å². The van der Waals surface area contributed by atoms with Crippen LogP contribution in [0.3, 0.4) is 0 Å². The number of phenols is 1. The lowest BCUT2D eigenvalue weighted by Crippen LogP contribution is -2.42. The van der Waals surface area contributed by atoms with Crippen LogP contribution < -0.4 is 9.47 Å². The summed E-state index contributed by atoms with van der Waals surface area (Å²) in [5.74, 6) is -2.30. The minimum Gasteiger partial charge on any atom is -0.504 e. The number of carbonyl (C=O) groups is 3. The smallest absolute Gasteiger partial charge is 0.291 e. The monoisotopic (exact) mass is 572 g/mol. The Morgan fingerprint density at radius 1 is 0.976 bits per heavy atom. The molecule has 1 amide bonds. The first-order valence-corrected chi connectivity index (χ1v) is 14.3. The van der Waals surface area contributed by atoms with Crippen molar-refractivity contribution in [2.24, 2.45) is 5.92 Å². The Kier molecular flexibility index (Phi) is 9.19. The van der Waals surface area contributed by atoms with E-state index in [-0.39, 0.29) is 18.0 Å². The van der Waals surface area contributed by atoms with Crippen LogP contribution >= 0.6 is 0 Å². The maximum absolute atomic E-state index is 14.1. The molecule has 2 atom stereocenters. The third-order valence-electron chi connectivity index (χ3n) is 7.79. The highest BCUT2D eigenvalue weighted by Gasteiger charge is 2.52. The summed E-state index contributed by atoms with van der Waals surface area (Å²) in [6.07, 6.45) is 0. The number of ketones is 2. The van der Waals surface area contributed by atoms with Crippen molar-refractivity contribution in [3.63, 3.8) is 0 Å². The van der Waals surface area contributed by atoms with Gasteiger partial charge in [-0.1, -0.05) is 36.4 Å². The highest BCUT2D eigenvalue weighted by Crippen LogP contribution is 2.41. The number of carbonyl (C=O) groups excluding carboxylic acids is 3. The van der Waals surface area contributed by atoms with E-state index in [0.717, 1.165) is 18.7 Å². The SMILES string of the molecule is CCOc1cc(C2C(C(=O)c3ccc(OCc4ccccc4)cc3C)C(=O)C(=O)N2CCN2CCOCC2)ccc1O. The lowest BCUT2D eigenvalue weighted by atomic mass is 9.85. The number of aryl methyl sites for hydroxylation is 1. The number of rotatable bonds is 11. The molecular weight excluding hydrogens is 536 g/mol. The van der Waals surface area contributed by atoms with E-state index in [9.17, 15) is 19.5 Å². The van der Waals surface area contributed by atoms with Crippen molar-refractivity contribution in [1.82, 2.24) is 9.80 Å². The van der Waals surface area contributed by atoms with Gasteiger partial charge in [0.15, 0.2) is 17.3 Å². The highest BCUT2D eigenvalue weighted by molar-refractivity contribution is 6.44. The molecule has 2 saturated heterocycles. The minimum atomic E-state index is -1.24. The molecule has 3 aromatic carbocycles. The fraction of sp³-hybridized carbons (Fsp3) is 0.364. The summed E-state index contributed by atoms with van der Waals surface area (Å²) in [6, 6.07) is 18.8. The number of hydrogen-bond donors (Lipinski definition) is 1. The topological polar surface area (TPSA) is 106 Å². The van der Waals surface area contributed by atoms with Crippen molar-refractivity contribution in [2.75, 3.05) is 46.0 Å².